The Morgan fingerprint density at radius 1 is 1.29 bits per heavy atom. The minimum absolute atomic E-state index is 0.261. The molecule has 0 aliphatic carbocycles. The lowest BCUT2D eigenvalue weighted by Crippen LogP contribution is -2.16. The molecule has 0 radical (unpaired) electrons. The van der Waals surface area contributed by atoms with Crippen molar-refractivity contribution in [3.8, 4) is 0 Å². The SMILES string of the molecule is CCOC(=O)COC(=O)c1ccc(N)c(C)c1. The van der Waals surface area contributed by atoms with Crippen LogP contribution in [-0.2, 0) is 14.3 Å². The first-order valence-electron chi connectivity index (χ1n) is 5.23. The van der Waals surface area contributed by atoms with Crippen molar-refractivity contribution in [2.75, 3.05) is 18.9 Å². The van der Waals surface area contributed by atoms with Crippen molar-refractivity contribution in [1.82, 2.24) is 0 Å². The number of carbonyl (C=O) groups is 2. The minimum Gasteiger partial charge on any atom is -0.463 e. The lowest BCUT2D eigenvalue weighted by atomic mass is 10.1. The van der Waals surface area contributed by atoms with E-state index in [2.05, 4.69) is 4.74 Å². The fourth-order valence-electron chi connectivity index (χ4n) is 1.21. The smallest absolute Gasteiger partial charge is 0.344 e. The van der Waals surface area contributed by atoms with Crippen LogP contribution in [0.3, 0.4) is 0 Å². The van der Waals surface area contributed by atoms with Crippen LogP contribution in [-0.4, -0.2) is 25.2 Å². The van der Waals surface area contributed by atoms with Gasteiger partial charge in [-0.25, -0.2) is 9.59 Å². The van der Waals surface area contributed by atoms with Crippen molar-refractivity contribution < 1.29 is 19.1 Å². The first kappa shape index (κ1) is 13.0. The van der Waals surface area contributed by atoms with Gasteiger partial charge in [-0.3, -0.25) is 0 Å². The lowest BCUT2D eigenvalue weighted by molar-refractivity contribution is -0.146. The second-order valence-electron chi connectivity index (χ2n) is 3.45. The van der Waals surface area contributed by atoms with Gasteiger partial charge in [0.2, 0.25) is 0 Å². The van der Waals surface area contributed by atoms with Crippen LogP contribution in [0.2, 0.25) is 0 Å². The van der Waals surface area contributed by atoms with Gasteiger partial charge < -0.3 is 15.2 Å². The number of carbonyl (C=O) groups excluding carboxylic acids is 2. The van der Waals surface area contributed by atoms with E-state index in [1.54, 1.807) is 32.0 Å². The van der Waals surface area contributed by atoms with Crippen LogP contribution >= 0.6 is 0 Å². The Morgan fingerprint density at radius 3 is 2.59 bits per heavy atom. The van der Waals surface area contributed by atoms with Gasteiger partial charge in [-0.2, -0.15) is 0 Å². The summed E-state index contributed by atoms with van der Waals surface area (Å²) >= 11 is 0. The largest absolute Gasteiger partial charge is 0.463 e. The molecule has 17 heavy (non-hydrogen) atoms. The summed E-state index contributed by atoms with van der Waals surface area (Å²) < 4.78 is 9.42. The Hall–Kier alpha value is -2.04. The molecule has 0 atom stereocenters. The molecule has 92 valence electrons. The van der Waals surface area contributed by atoms with Gasteiger partial charge in [-0.1, -0.05) is 0 Å². The highest BCUT2D eigenvalue weighted by atomic mass is 16.6. The number of aryl methyl sites for hydroxylation is 1. The van der Waals surface area contributed by atoms with Crippen molar-refractivity contribution in [2.24, 2.45) is 0 Å². The van der Waals surface area contributed by atoms with E-state index in [0.717, 1.165) is 5.56 Å². The monoisotopic (exact) mass is 237 g/mol. The van der Waals surface area contributed by atoms with Crippen LogP contribution in [0.5, 0.6) is 0 Å². The maximum atomic E-state index is 11.5. The van der Waals surface area contributed by atoms with E-state index in [-0.39, 0.29) is 13.2 Å². The molecule has 1 aromatic rings. The Kier molecular flexibility index (Phi) is 4.51. The molecule has 5 heteroatoms. The summed E-state index contributed by atoms with van der Waals surface area (Å²) in [5, 5.41) is 0. The molecule has 0 spiro atoms. The molecule has 0 saturated heterocycles. The zero-order chi connectivity index (χ0) is 12.8. The summed E-state index contributed by atoms with van der Waals surface area (Å²) in [7, 11) is 0. The molecule has 0 aliphatic heterocycles. The summed E-state index contributed by atoms with van der Waals surface area (Å²) in [6.45, 7) is 3.36. The molecule has 0 heterocycles. The van der Waals surface area contributed by atoms with Crippen molar-refractivity contribution >= 4 is 17.6 Å². The van der Waals surface area contributed by atoms with Gasteiger partial charge >= 0.3 is 11.9 Å². The summed E-state index contributed by atoms with van der Waals surface area (Å²) in [6.07, 6.45) is 0. The van der Waals surface area contributed by atoms with Crippen LogP contribution < -0.4 is 5.73 Å². The number of benzene rings is 1. The van der Waals surface area contributed by atoms with E-state index < -0.39 is 11.9 Å². The summed E-state index contributed by atoms with van der Waals surface area (Å²) in [5.41, 5.74) is 7.38. The highest BCUT2D eigenvalue weighted by molar-refractivity contribution is 5.91. The highest BCUT2D eigenvalue weighted by Gasteiger charge is 2.11. The number of hydrogen-bond acceptors (Lipinski definition) is 5. The molecule has 0 amide bonds. The van der Waals surface area contributed by atoms with E-state index in [4.69, 9.17) is 10.5 Å². The number of rotatable bonds is 4. The van der Waals surface area contributed by atoms with Gasteiger partial charge in [0.25, 0.3) is 0 Å². The third kappa shape index (κ3) is 3.79. The van der Waals surface area contributed by atoms with E-state index in [0.29, 0.717) is 11.3 Å². The van der Waals surface area contributed by atoms with Crippen LogP contribution in [0.4, 0.5) is 5.69 Å². The van der Waals surface area contributed by atoms with E-state index in [1.165, 1.54) is 0 Å². The van der Waals surface area contributed by atoms with Crippen LogP contribution in [0.15, 0.2) is 18.2 Å². The molecule has 1 aromatic carbocycles. The summed E-state index contributed by atoms with van der Waals surface area (Å²) in [5.74, 6) is -1.13. The number of nitrogens with two attached hydrogens (primary N) is 1. The van der Waals surface area contributed by atoms with Gasteiger partial charge in [0, 0.05) is 5.69 Å². The maximum absolute atomic E-state index is 11.5. The van der Waals surface area contributed by atoms with Crippen LogP contribution in [0.1, 0.15) is 22.8 Å². The number of hydrogen-bond donors (Lipinski definition) is 1. The third-order valence-corrected chi connectivity index (χ3v) is 2.13. The fraction of sp³-hybridized carbons (Fsp3) is 0.333. The predicted molar refractivity (Wildman–Crippen MR) is 62.5 cm³/mol. The van der Waals surface area contributed by atoms with E-state index in [1.807, 2.05) is 0 Å². The maximum Gasteiger partial charge on any atom is 0.344 e. The normalized spacial score (nSPS) is 9.76. The Balaban J connectivity index is 2.58. The zero-order valence-corrected chi connectivity index (χ0v) is 9.86. The molecule has 0 aromatic heterocycles. The number of anilines is 1. The number of ether oxygens (including phenoxy) is 2. The van der Waals surface area contributed by atoms with Crippen LogP contribution in [0.25, 0.3) is 0 Å². The Morgan fingerprint density at radius 2 is 2.00 bits per heavy atom. The van der Waals surface area contributed by atoms with Gasteiger partial charge in [0.05, 0.1) is 12.2 Å². The lowest BCUT2D eigenvalue weighted by Gasteiger charge is -2.06. The third-order valence-electron chi connectivity index (χ3n) is 2.13. The summed E-state index contributed by atoms with van der Waals surface area (Å²) in [6, 6.07) is 4.79. The molecule has 0 fully saturated rings. The highest BCUT2D eigenvalue weighted by Crippen LogP contribution is 2.13. The molecule has 1 rings (SSSR count). The van der Waals surface area contributed by atoms with E-state index in [9.17, 15) is 9.59 Å². The second kappa shape index (κ2) is 5.89. The molecular formula is C12H15NO4. The molecule has 2 N–H and O–H groups in total. The van der Waals surface area contributed by atoms with Gasteiger partial charge in [0.15, 0.2) is 6.61 Å². The Labute approximate surface area is 99.5 Å². The minimum atomic E-state index is -0.568. The molecular weight excluding hydrogens is 222 g/mol. The second-order valence-corrected chi connectivity index (χ2v) is 3.45. The van der Waals surface area contributed by atoms with E-state index >= 15 is 0 Å². The van der Waals surface area contributed by atoms with Crippen molar-refractivity contribution in [3.63, 3.8) is 0 Å². The topological polar surface area (TPSA) is 78.6 Å². The molecule has 0 unspecified atom stereocenters. The zero-order valence-electron chi connectivity index (χ0n) is 9.86. The molecule has 0 bridgehead atoms. The standard InChI is InChI=1S/C12H15NO4/c1-3-16-11(14)7-17-12(15)9-4-5-10(13)8(2)6-9/h4-6H,3,7,13H2,1-2H3. The summed E-state index contributed by atoms with van der Waals surface area (Å²) in [4.78, 5) is 22.5. The quantitative estimate of drug-likeness (QED) is 0.630. The molecule has 5 nitrogen and oxygen atoms in total. The first-order chi connectivity index (χ1) is 8.04. The number of esters is 2. The molecule has 0 saturated carbocycles. The first-order valence-corrected chi connectivity index (χ1v) is 5.23. The van der Waals surface area contributed by atoms with Crippen molar-refractivity contribution in [2.45, 2.75) is 13.8 Å². The number of nitrogen functional groups attached to an aromatic ring is 1. The fourth-order valence-corrected chi connectivity index (χ4v) is 1.21. The average molecular weight is 237 g/mol. The molecule has 0 aliphatic rings. The Bertz CT molecular complexity index is 429. The van der Waals surface area contributed by atoms with Gasteiger partial charge in [0.1, 0.15) is 0 Å². The average Bonchev–Trinajstić information content (AvgIpc) is 2.30. The van der Waals surface area contributed by atoms with Crippen molar-refractivity contribution in [3.05, 3.63) is 29.3 Å². The van der Waals surface area contributed by atoms with Crippen molar-refractivity contribution in [1.29, 1.82) is 0 Å². The van der Waals surface area contributed by atoms with Crippen LogP contribution in [0, 0.1) is 6.92 Å². The predicted octanol–water partition coefficient (Wildman–Crippen LogP) is 1.30. The van der Waals surface area contributed by atoms with Gasteiger partial charge in [-0.05, 0) is 37.6 Å². The van der Waals surface area contributed by atoms with Gasteiger partial charge in [-0.15, -0.1) is 0 Å².